The van der Waals surface area contributed by atoms with Gasteiger partial charge in [0.15, 0.2) is 11.6 Å². The molecule has 0 radical (unpaired) electrons. The van der Waals surface area contributed by atoms with Crippen molar-refractivity contribution in [3.8, 4) is 5.75 Å². The van der Waals surface area contributed by atoms with Gasteiger partial charge in [0.05, 0.1) is 13.1 Å². The third kappa shape index (κ3) is 6.71. The normalized spacial score (nSPS) is 14.3. The summed E-state index contributed by atoms with van der Waals surface area (Å²) in [5.74, 6) is -7.17. The minimum absolute atomic E-state index is 0.0719. The van der Waals surface area contributed by atoms with E-state index >= 15 is 0 Å². The van der Waals surface area contributed by atoms with Gasteiger partial charge in [-0.1, -0.05) is 43.5 Å². The van der Waals surface area contributed by atoms with Gasteiger partial charge < -0.3 is 15.1 Å². The fraction of sp³-hybridized carbons (Fsp3) is 0.310. The third-order valence-corrected chi connectivity index (χ3v) is 9.03. The molecule has 3 aromatic carbocycles. The smallest absolute Gasteiger partial charge is 0.339 e. The highest BCUT2D eigenvalue weighted by Gasteiger charge is 2.31. The highest BCUT2D eigenvalue weighted by molar-refractivity contribution is 7.89. The average molecular weight is 591 g/mol. The van der Waals surface area contributed by atoms with Gasteiger partial charge in [-0.15, -0.1) is 0 Å². The Morgan fingerprint density at radius 2 is 1.61 bits per heavy atom. The molecule has 0 spiro atoms. The van der Waals surface area contributed by atoms with Crippen LogP contribution in [0.15, 0.2) is 59.5 Å². The minimum Gasteiger partial charge on any atom is -0.507 e. The molecule has 8 nitrogen and oxygen atoms in total. The van der Waals surface area contributed by atoms with Gasteiger partial charge in [0.2, 0.25) is 15.9 Å². The second-order valence-electron chi connectivity index (χ2n) is 10.0. The Kier molecular flexibility index (Phi) is 9.03. The summed E-state index contributed by atoms with van der Waals surface area (Å²) in [6.07, 6.45) is 5.72. The van der Waals surface area contributed by atoms with Gasteiger partial charge in [0.25, 0.3) is 0 Å². The van der Waals surface area contributed by atoms with Crippen molar-refractivity contribution in [2.45, 2.75) is 49.5 Å². The monoisotopic (exact) mass is 590 g/mol. The number of carboxylic acids is 1. The second kappa shape index (κ2) is 12.3. The van der Waals surface area contributed by atoms with Crippen molar-refractivity contribution < 1.29 is 41.4 Å². The molecule has 1 fully saturated rings. The van der Waals surface area contributed by atoms with Gasteiger partial charge in [0, 0.05) is 24.9 Å². The van der Waals surface area contributed by atoms with Crippen molar-refractivity contribution in [2.75, 3.05) is 18.5 Å². The summed E-state index contributed by atoms with van der Waals surface area (Å²) in [5.41, 5.74) is 1.51. The lowest BCUT2D eigenvalue weighted by molar-refractivity contribution is -0.118. The lowest BCUT2D eigenvalue weighted by atomic mass is 9.84. The molecule has 3 aromatic rings. The van der Waals surface area contributed by atoms with E-state index in [4.69, 9.17) is 0 Å². The Labute approximate surface area is 235 Å². The molecule has 41 heavy (non-hydrogen) atoms. The molecule has 0 saturated heterocycles. The number of carbonyl (C=O) groups is 2. The van der Waals surface area contributed by atoms with Crippen LogP contribution in [0.3, 0.4) is 0 Å². The standard InChI is InChI=1S/C29H29F3N2O6S/c1-33(41(39,40)26-14-21(30)13-24(31)28(26)32)17-27(36)34(22-11-12-23(29(37)38)25(35)15-22)16-18-7-9-20(10-8-18)19-5-3-2-4-6-19/h7-15,19,35H,2-6,16-17H2,1H3,(H,37,38). The number of hydrogen-bond acceptors (Lipinski definition) is 5. The molecule has 0 heterocycles. The Hall–Kier alpha value is -3.90. The van der Waals surface area contributed by atoms with Crippen LogP contribution >= 0.6 is 0 Å². The van der Waals surface area contributed by atoms with E-state index in [0.29, 0.717) is 21.9 Å². The van der Waals surface area contributed by atoms with Gasteiger partial charge >= 0.3 is 5.97 Å². The molecule has 2 N–H and O–H groups in total. The highest BCUT2D eigenvalue weighted by atomic mass is 32.2. The zero-order valence-corrected chi connectivity index (χ0v) is 23.0. The van der Waals surface area contributed by atoms with E-state index in [2.05, 4.69) is 0 Å². The van der Waals surface area contributed by atoms with Crippen molar-refractivity contribution >= 4 is 27.6 Å². The molecule has 1 aliphatic carbocycles. The van der Waals surface area contributed by atoms with Crippen molar-refractivity contribution in [2.24, 2.45) is 0 Å². The first-order valence-electron chi connectivity index (χ1n) is 12.9. The minimum atomic E-state index is -4.84. The maximum Gasteiger partial charge on any atom is 0.339 e. The number of anilines is 1. The van der Waals surface area contributed by atoms with Crippen LogP contribution in [0.1, 0.15) is 59.5 Å². The Bertz CT molecular complexity index is 1560. The first kappa shape index (κ1) is 30.1. The molecule has 1 saturated carbocycles. The maximum absolute atomic E-state index is 14.3. The number of carboxylic acid groups (broad SMARTS) is 1. The van der Waals surface area contributed by atoms with Crippen LogP contribution in [0, 0.1) is 17.5 Å². The molecular weight excluding hydrogens is 561 g/mol. The van der Waals surface area contributed by atoms with Gasteiger partial charge in [-0.2, -0.15) is 4.31 Å². The van der Waals surface area contributed by atoms with Gasteiger partial charge in [-0.25, -0.2) is 26.4 Å². The number of rotatable bonds is 9. The fourth-order valence-corrected chi connectivity index (χ4v) is 6.16. The zero-order valence-electron chi connectivity index (χ0n) is 22.2. The van der Waals surface area contributed by atoms with Crippen LogP contribution in [0.25, 0.3) is 0 Å². The summed E-state index contributed by atoms with van der Waals surface area (Å²) in [4.78, 5) is 24.7. The lowest BCUT2D eigenvalue weighted by Gasteiger charge is -2.27. The Morgan fingerprint density at radius 3 is 2.22 bits per heavy atom. The van der Waals surface area contributed by atoms with E-state index < -0.39 is 62.1 Å². The van der Waals surface area contributed by atoms with Crippen molar-refractivity contribution in [3.63, 3.8) is 0 Å². The summed E-state index contributed by atoms with van der Waals surface area (Å²) < 4.78 is 68.1. The number of carbonyl (C=O) groups excluding carboxylic acids is 1. The number of phenols is 1. The number of nitrogens with zero attached hydrogens (tertiary/aromatic N) is 2. The van der Waals surface area contributed by atoms with E-state index in [9.17, 15) is 41.4 Å². The van der Waals surface area contributed by atoms with E-state index in [-0.39, 0.29) is 18.3 Å². The summed E-state index contributed by atoms with van der Waals surface area (Å²) in [6, 6.07) is 11.6. The van der Waals surface area contributed by atoms with E-state index in [1.54, 1.807) is 0 Å². The number of likely N-dealkylation sites (N-methyl/N-ethyl adjacent to an activating group) is 1. The topological polar surface area (TPSA) is 115 Å². The van der Waals surface area contributed by atoms with Crippen LogP contribution in [0.4, 0.5) is 18.9 Å². The predicted octanol–water partition coefficient (Wildman–Crippen LogP) is 5.41. The number of aromatic carboxylic acids is 1. The van der Waals surface area contributed by atoms with E-state index in [1.807, 2.05) is 24.3 Å². The molecule has 4 rings (SSSR count). The summed E-state index contributed by atoms with van der Waals surface area (Å²) in [5, 5.41) is 19.5. The van der Waals surface area contributed by atoms with Gasteiger partial charge in [-0.3, -0.25) is 4.79 Å². The first-order valence-corrected chi connectivity index (χ1v) is 14.4. The summed E-state index contributed by atoms with van der Waals surface area (Å²) in [6.45, 7) is -0.937. The first-order chi connectivity index (χ1) is 19.4. The maximum atomic E-state index is 14.3. The molecule has 0 atom stereocenters. The Morgan fingerprint density at radius 1 is 0.951 bits per heavy atom. The van der Waals surface area contributed by atoms with Crippen LogP contribution in [-0.4, -0.2) is 48.4 Å². The number of hydrogen-bond donors (Lipinski definition) is 2. The number of benzene rings is 3. The fourth-order valence-electron chi connectivity index (χ4n) is 4.95. The molecule has 1 amide bonds. The van der Waals surface area contributed by atoms with Crippen LogP contribution < -0.4 is 4.90 Å². The number of halogens is 3. The number of amides is 1. The lowest BCUT2D eigenvalue weighted by Crippen LogP contribution is -2.41. The largest absolute Gasteiger partial charge is 0.507 e. The van der Waals surface area contributed by atoms with Crippen LogP contribution in [0.2, 0.25) is 0 Å². The number of sulfonamides is 1. The predicted molar refractivity (Wildman–Crippen MR) is 145 cm³/mol. The van der Waals surface area contributed by atoms with Crippen LogP contribution in [0.5, 0.6) is 5.75 Å². The molecule has 0 bridgehead atoms. The van der Waals surface area contributed by atoms with Crippen molar-refractivity contribution in [3.05, 3.63) is 88.7 Å². The van der Waals surface area contributed by atoms with E-state index in [1.165, 1.54) is 18.1 Å². The van der Waals surface area contributed by atoms with Crippen molar-refractivity contribution in [1.82, 2.24) is 4.31 Å². The Balaban J connectivity index is 1.63. The van der Waals surface area contributed by atoms with E-state index in [0.717, 1.165) is 49.8 Å². The third-order valence-electron chi connectivity index (χ3n) is 7.23. The summed E-state index contributed by atoms with van der Waals surface area (Å²) in [7, 11) is -3.88. The molecule has 0 aromatic heterocycles. The van der Waals surface area contributed by atoms with Gasteiger partial charge in [0.1, 0.15) is 22.0 Å². The van der Waals surface area contributed by atoms with Crippen molar-refractivity contribution in [1.29, 1.82) is 0 Å². The highest BCUT2D eigenvalue weighted by Crippen LogP contribution is 2.33. The van der Waals surface area contributed by atoms with Crippen LogP contribution in [-0.2, 0) is 21.4 Å². The molecule has 12 heteroatoms. The summed E-state index contributed by atoms with van der Waals surface area (Å²) >= 11 is 0. The van der Waals surface area contributed by atoms with Gasteiger partial charge in [-0.05, 0) is 48.1 Å². The second-order valence-corrected chi connectivity index (χ2v) is 12.0. The molecule has 0 unspecified atom stereocenters. The molecule has 0 aliphatic heterocycles. The molecule has 218 valence electrons. The SMILES string of the molecule is CN(CC(=O)N(Cc1ccc(C2CCCCC2)cc1)c1ccc(C(=O)O)c(O)c1)S(=O)(=O)c1cc(F)cc(F)c1F. The zero-order chi connectivity index (χ0) is 29.9. The number of aromatic hydroxyl groups is 1. The molecular formula is C29H29F3N2O6S. The molecule has 1 aliphatic rings. The quantitative estimate of drug-likeness (QED) is 0.322. The average Bonchev–Trinajstić information content (AvgIpc) is 2.94.